The molecule has 1 atom stereocenters. The first kappa shape index (κ1) is 15.7. The van der Waals surface area contributed by atoms with E-state index >= 15 is 0 Å². The molecule has 0 spiro atoms. The molecular weight excluding hydrogens is 310 g/mol. The van der Waals surface area contributed by atoms with Gasteiger partial charge in [0, 0.05) is 18.7 Å². The second kappa shape index (κ2) is 7.89. The summed E-state index contributed by atoms with van der Waals surface area (Å²) in [5, 5.41) is 7.65. The van der Waals surface area contributed by atoms with Crippen molar-refractivity contribution in [1.29, 1.82) is 0 Å². The molecule has 1 unspecified atom stereocenters. The van der Waals surface area contributed by atoms with Crippen molar-refractivity contribution in [3.8, 4) is 11.3 Å². The molecule has 0 amide bonds. The molecule has 6 heteroatoms. The number of hydrogen-bond acceptors (Lipinski definition) is 4. The zero-order valence-electron chi connectivity index (χ0n) is 12.7. The Morgan fingerprint density at radius 3 is 2.91 bits per heavy atom. The molecule has 1 aliphatic rings. The number of nitrogens with zero attached hydrogens (tertiary/aromatic N) is 1. The third kappa shape index (κ3) is 4.64. The van der Waals surface area contributed by atoms with Crippen LogP contribution >= 0.6 is 12.2 Å². The van der Waals surface area contributed by atoms with Crippen LogP contribution in [-0.2, 0) is 4.74 Å². The van der Waals surface area contributed by atoms with Gasteiger partial charge in [-0.1, -0.05) is 30.3 Å². The van der Waals surface area contributed by atoms with Crippen LogP contribution in [0.1, 0.15) is 18.6 Å². The Labute approximate surface area is 140 Å². The van der Waals surface area contributed by atoms with Crippen LogP contribution in [0.25, 0.3) is 11.3 Å². The second-order valence-corrected chi connectivity index (χ2v) is 5.69. The van der Waals surface area contributed by atoms with E-state index in [2.05, 4.69) is 15.8 Å². The molecule has 120 valence electrons. The molecule has 0 bridgehead atoms. The lowest BCUT2D eigenvalue weighted by Crippen LogP contribution is -2.37. The van der Waals surface area contributed by atoms with Gasteiger partial charge in [0.2, 0.25) is 0 Å². The van der Waals surface area contributed by atoms with Gasteiger partial charge in [-0.2, -0.15) is 5.10 Å². The van der Waals surface area contributed by atoms with E-state index in [1.807, 2.05) is 42.5 Å². The third-order valence-corrected chi connectivity index (χ3v) is 3.79. The molecule has 1 aliphatic heterocycles. The monoisotopic (exact) mass is 329 g/mol. The lowest BCUT2D eigenvalue weighted by molar-refractivity contribution is 0.114. The van der Waals surface area contributed by atoms with Gasteiger partial charge < -0.3 is 14.5 Å². The van der Waals surface area contributed by atoms with Crippen LogP contribution in [0.2, 0.25) is 0 Å². The van der Waals surface area contributed by atoms with Gasteiger partial charge in [-0.15, -0.1) is 0 Å². The molecule has 1 aromatic heterocycles. The quantitative estimate of drug-likeness (QED) is 0.502. The Hall–Kier alpha value is -2.18. The molecule has 0 saturated carbocycles. The molecule has 2 N–H and O–H groups in total. The third-order valence-electron chi connectivity index (χ3n) is 3.56. The number of hydrogen-bond donors (Lipinski definition) is 2. The standard InChI is InChI=1S/C17H19N3O2S/c23-17(18-11-14-7-4-10-21-14)20-19-12-15-8-9-16(22-15)13-5-2-1-3-6-13/h1-3,5-6,8-9,12,14H,4,7,10-11H2,(H2,18,20,23)/b19-12+. The summed E-state index contributed by atoms with van der Waals surface area (Å²) in [4.78, 5) is 0. The van der Waals surface area contributed by atoms with Crippen molar-refractivity contribution in [3.63, 3.8) is 0 Å². The minimum Gasteiger partial charge on any atom is -0.455 e. The normalized spacial score (nSPS) is 17.5. The zero-order valence-corrected chi connectivity index (χ0v) is 13.5. The van der Waals surface area contributed by atoms with E-state index in [4.69, 9.17) is 21.4 Å². The van der Waals surface area contributed by atoms with Gasteiger partial charge in [0.05, 0.1) is 12.3 Å². The van der Waals surface area contributed by atoms with E-state index in [9.17, 15) is 0 Å². The van der Waals surface area contributed by atoms with Crippen LogP contribution in [0.3, 0.4) is 0 Å². The predicted octanol–water partition coefficient (Wildman–Crippen LogP) is 2.92. The Morgan fingerprint density at radius 1 is 1.26 bits per heavy atom. The van der Waals surface area contributed by atoms with Gasteiger partial charge in [-0.25, -0.2) is 0 Å². The molecule has 1 fully saturated rings. The SMILES string of the molecule is S=C(NCC1CCCO1)N/N=C/c1ccc(-c2ccccc2)o1. The highest BCUT2D eigenvalue weighted by Gasteiger charge is 2.14. The van der Waals surface area contributed by atoms with E-state index in [1.165, 1.54) is 0 Å². The summed E-state index contributed by atoms with van der Waals surface area (Å²) in [7, 11) is 0. The fourth-order valence-electron chi connectivity index (χ4n) is 2.39. The first-order valence-corrected chi connectivity index (χ1v) is 8.06. The lowest BCUT2D eigenvalue weighted by Gasteiger charge is -2.11. The molecular formula is C17H19N3O2S. The van der Waals surface area contributed by atoms with Crippen molar-refractivity contribution >= 4 is 23.5 Å². The van der Waals surface area contributed by atoms with E-state index in [-0.39, 0.29) is 6.10 Å². The molecule has 2 heterocycles. The summed E-state index contributed by atoms with van der Waals surface area (Å²) >= 11 is 5.16. The van der Waals surface area contributed by atoms with E-state index in [1.54, 1.807) is 6.21 Å². The molecule has 0 radical (unpaired) electrons. The Balaban J connectivity index is 1.46. The first-order chi connectivity index (χ1) is 11.3. The van der Waals surface area contributed by atoms with Crippen molar-refractivity contribution in [2.45, 2.75) is 18.9 Å². The van der Waals surface area contributed by atoms with Crippen LogP contribution in [-0.4, -0.2) is 30.6 Å². The summed E-state index contributed by atoms with van der Waals surface area (Å²) < 4.78 is 11.2. The number of thiocarbonyl (C=S) groups is 1. The molecule has 3 rings (SSSR count). The summed E-state index contributed by atoms with van der Waals surface area (Å²) in [5.41, 5.74) is 3.81. The van der Waals surface area contributed by atoms with E-state index in [0.29, 0.717) is 17.4 Å². The Bertz CT molecular complexity index is 663. The highest BCUT2D eigenvalue weighted by atomic mass is 32.1. The minimum absolute atomic E-state index is 0.247. The number of nitrogens with one attached hydrogen (secondary N) is 2. The second-order valence-electron chi connectivity index (χ2n) is 5.28. The fourth-order valence-corrected chi connectivity index (χ4v) is 2.52. The average Bonchev–Trinajstić information content (AvgIpc) is 3.26. The maximum absolute atomic E-state index is 5.72. The number of rotatable bonds is 5. The van der Waals surface area contributed by atoms with Crippen LogP contribution in [0.4, 0.5) is 0 Å². The van der Waals surface area contributed by atoms with Crippen LogP contribution in [0.5, 0.6) is 0 Å². The highest BCUT2D eigenvalue weighted by molar-refractivity contribution is 7.80. The predicted molar refractivity (Wildman–Crippen MR) is 94.4 cm³/mol. The van der Waals surface area contributed by atoms with Crippen molar-refractivity contribution in [2.24, 2.45) is 5.10 Å². The van der Waals surface area contributed by atoms with Gasteiger partial charge in [-0.05, 0) is 37.2 Å². The van der Waals surface area contributed by atoms with Gasteiger partial charge in [-0.3, -0.25) is 5.43 Å². The molecule has 2 aromatic rings. The Kier molecular flexibility index (Phi) is 5.39. The zero-order chi connectivity index (χ0) is 15.9. The van der Waals surface area contributed by atoms with Crippen LogP contribution in [0.15, 0.2) is 52.0 Å². The summed E-state index contributed by atoms with van der Waals surface area (Å²) in [6.07, 6.45) is 4.05. The average molecular weight is 329 g/mol. The summed E-state index contributed by atoms with van der Waals surface area (Å²) in [5.74, 6) is 1.48. The van der Waals surface area contributed by atoms with E-state index < -0.39 is 0 Å². The first-order valence-electron chi connectivity index (χ1n) is 7.65. The van der Waals surface area contributed by atoms with Gasteiger partial charge >= 0.3 is 0 Å². The van der Waals surface area contributed by atoms with Crippen LogP contribution in [0, 0.1) is 0 Å². The highest BCUT2D eigenvalue weighted by Crippen LogP contribution is 2.20. The topological polar surface area (TPSA) is 58.8 Å². The molecule has 0 aliphatic carbocycles. The van der Waals surface area contributed by atoms with Gasteiger partial charge in [0.15, 0.2) is 5.11 Å². The molecule has 23 heavy (non-hydrogen) atoms. The van der Waals surface area contributed by atoms with Crippen molar-refractivity contribution in [3.05, 3.63) is 48.2 Å². The molecule has 1 aromatic carbocycles. The fraction of sp³-hybridized carbons (Fsp3) is 0.294. The van der Waals surface area contributed by atoms with Crippen molar-refractivity contribution in [1.82, 2.24) is 10.7 Å². The van der Waals surface area contributed by atoms with Crippen molar-refractivity contribution < 1.29 is 9.15 Å². The molecule has 1 saturated heterocycles. The smallest absolute Gasteiger partial charge is 0.187 e. The number of benzene rings is 1. The van der Waals surface area contributed by atoms with Crippen molar-refractivity contribution in [2.75, 3.05) is 13.2 Å². The van der Waals surface area contributed by atoms with Crippen LogP contribution < -0.4 is 10.7 Å². The van der Waals surface area contributed by atoms with E-state index in [0.717, 1.165) is 30.8 Å². The summed E-state index contributed by atoms with van der Waals surface area (Å²) in [6, 6.07) is 13.7. The molecule has 5 nitrogen and oxygen atoms in total. The summed E-state index contributed by atoms with van der Waals surface area (Å²) in [6.45, 7) is 1.55. The minimum atomic E-state index is 0.247. The maximum atomic E-state index is 5.72. The number of hydrazone groups is 1. The van der Waals surface area contributed by atoms with Gasteiger partial charge in [0.1, 0.15) is 11.5 Å². The van der Waals surface area contributed by atoms with Gasteiger partial charge in [0.25, 0.3) is 0 Å². The number of furan rings is 1. The lowest BCUT2D eigenvalue weighted by atomic mass is 10.2. The maximum Gasteiger partial charge on any atom is 0.187 e. The Morgan fingerprint density at radius 2 is 2.13 bits per heavy atom. The largest absolute Gasteiger partial charge is 0.455 e. The number of ether oxygens (including phenoxy) is 1.